The molecule has 1 unspecified atom stereocenters. The molecule has 0 radical (unpaired) electrons. The van der Waals surface area contributed by atoms with Crippen LogP contribution < -0.4 is 5.32 Å². The summed E-state index contributed by atoms with van der Waals surface area (Å²) in [5, 5.41) is 14.0. The minimum Gasteiger partial charge on any atom is -0.389 e. The minimum absolute atomic E-state index is 0.227. The number of halogens is 1. The van der Waals surface area contributed by atoms with Gasteiger partial charge in [0.25, 0.3) is 0 Å². The van der Waals surface area contributed by atoms with Gasteiger partial charge < -0.3 is 20.1 Å². The number of piperidine rings is 1. The summed E-state index contributed by atoms with van der Waals surface area (Å²) < 4.78 is 18.8. The van der Waals surface area contributed by atoms with Crippen molar-refractivity contribution in [2.24, 2.45) is 0 Å². The number of fused-ring (bicyclic) bond motifs is 1. The van der Waals surface area contributed by atoms with Gasteiger partial charge in [0.15, 0.2) is 0 Å². The lowest BCUT2D eigenvalue weighted by Gasteiger charge is -2.33. The second-order valence-corrected chi connectivity index (χ2v) is 6.67. The third-order valence-electron chi connectivity index (χ3n) is 4.80. The molecule has 136 valence electrons. The van der Waals surface area contributed by atoms with Crippen molar-refractivity contribution in [1.29, 1.82) is 0 Å². The van der Waals surface area contributed by atoms with Gasteiger partial charge in [0.2, 0.25) is 0 Å². The summed E-state index contributed by atoms with van der Waals surface area (Å²) in [6, 6.07) is 7.29. The quantitative estimate of drug-likeness (QED) is 0.802. The Bertz CT molecular complexity index is 689. The summed E-state index contributed by atoms with van der Waals surface area (Å²) in [4.78, 5) is 6.61. The Morgan fingerprint density at radius 1 is 1.36 bits per heavy atom. The second kappa shape index (κ2) is 8.67. The van der Waals surface area contributed by atoms with Gasteiger partial charge in [0.1, 0.15) is 5.82 Å². The standard InChI is InChI=1S/C19H26FN3O2/c1-25-13-16(24)12-23-9-6-15(7-10-23)22-11-14-4-5-18(20)17-3-2-8-21-19(14)17/h2-5,8,15-16,22,24H,6-7,9-13H2,1H3. The first-order valence-corrected chi connectivity index (χ1v) is 8.82. The molecule has 2 N–H and O–H groups in total. The van der Waals surface area contributed by atoms with Gasteiger partial charge in [-0.15, -0.1) is 0 Å². The van der Waals surface area contributed by atoms with Crippen LogP contribution in [0.15, 0.2) is 30.5 Å². The number of β-amino-alcohol motifs (C(OH)–C–C–N with tert-alkyl or cyclic N) is 1. The van der Waals surface area contributed by atoms with Crippen LogP contribution in [-0.4, -0.2) is 60.5 Å². The molecule has 1 fully saturated rings. The van der Waals surface area contributed by atoms with Crippen molar-refractivity contribution in [1.82, 2.24) is 15.2 Å². The van der Waals surface area contributed by atoms with E-state index in [0.717, 1.165) is 37.0 Å². The third-order valence-corrected chi connectivity index (χ3v) is 4.80. The number of rotatable bonds is 7. The molecule has 6 heteroatoms. The topological polar surface area (TPSA) is 57.6 Å². The molecule has 0 amide bonds. The molecular formula is C19H26FN3O2. The SMILES string of the molecule is COCC(O)CN1CCC(NCc2ccc(F)c3cccnc23)CC1. The van der Waals surface area contributed by atoms with E-state index in [0.29, 0.717) is 31.1 Å². The van der Waals surface area contributed by atoms with Crippen LogP contribution in [0.1, 0.15) is 18.4 Å². The first-order valence-electron chi connectivity index (χ1n) is 8.82. The number of hydrogen-bond donors (Lipinski definition) is 2. The average molecular weight is 347 g/mol. The number of aliphatic hydroxyl groups is 1. The lowest BCUT2D eigenvalue weighted by Crippen LogP contribution is -2.45. The highest BCUT2D eigenvalue weighted by atomic mass is 19.1. The van der Waals surface area contributed by atoms with Crippen molar-refractivity contribution in [2.45, 2.75) is 31.5 Å². The zero-order valence-corrected chi connectivity index (χ0v) is 14.6. The maximum Gasteiger partial charge on any atom is 0.132 e. The number of aromatic nitrogens is 1. The lowest BCUT2D eigenvalue weighted by molar-refractivity contribution is 0.0310. The van der Waals surface area contributed by atoms with Crippen molar-refractivity contribution >= 4 is 10.9 Å². The van der Waals surface area contributed by atoms with Crippen molar-refractivity contribution in [3.8, 4) is 0 Å². The molecule has 0 saturated carbocycles. The first-order chi connectivity index (χ1) is 12.2. The zero-order valence-electron chi connectivity index (χ0n) is 14.6. The largest absolute Gasteiger partial charge is 0.389 e. The van der Waals surface area contributed by atoms with Gasteiger partial charge in [-0.1, -0.05) is 6.07 Å². The summed E-state index contributed by atoms with van der Waals surface area (Å²) in [5.74, 6) is -0.227. The molecule has 0 bridgehead atoms. The molecule has 1 atom stereocenters. The number of nitrogens with one attached hydrogen (secondary N) is 1. The molecule has 5 nitrogen and oxygen atoms in total. The average Bonchev–Trinajstić information content (AvgIpc) is 2.63. The Morgan fingerprint density at radius 2 is 2.16 bits per heavy atom. The predicted molar refractivity (Wildman–Crippen MR) is 95.9 cm³/mol. The van der Waals surface area contributed by atoms with Gasteiger partial charge in [0.05, 0.1) is 18.2 Å². The van der Waals surface area contributed by atoms with Crippen molar-refractivity contribution in [3.05, 3.63) is 41.8 Å². The molecule has 1 aliphatic heterocycles. The summed E-state index contributed by atoms with van der Waals surface area (Å²) in [7, 11) is 1.60. The fourth-order valence-electron chi connectivity index (χ4n) is 3.46. The predicted octanol–water partition coefficient (Wildman–Crippen LogP) is 1.94. The smallest absolute Gasteiger partial charge is 0.132 e. The number of aliphatic hydroxyl groups excluding tert-OH is 1. The van der Waals surface area contributed by atoms with Crippen LogP contribution in [0.25, 0.3) is 10.9 Å². The van der Waals surface area contributed by atoms with Gasteiger partial charge in [-0.25, -0.2) is 4.39 Å². The van der Waals surface area contributed by atoms with E-state index in [-0.39, 0.29) is 5.82 Å². The molecule has 1 aliphatic rings. The number of ether oxygens (including phenoxy) is 1. The van der Waals surface area contributed by atoms with Gasteiger partial charge in [-0.2, -0.15) is 0 Å². The molecule has 1 aromatic carbocycles. The molecule has 25 heavy (non-hydrogen) atoms. The summed E-state index contributed by atoms with van der Waals surface area (Å²) >= 11 is 0. The van der Waals surface area contributed by atoms with Crippen LogP contribution >= 0.6 is 0 Å². The maximum absolute atomic E-state index is 13.9. The van der Waals surface area contributed by atoms with Gasteiger partial charge in [0, 0.05) is 37.8 Å². The third kappa shape index (κ3) is 4.73. The minimum atomic E-state index is -0.425. The lowest BCUT2D eigenvalue weighted by atomic mass is 10.0. The van der Waals surface area contributed by atoms with Crippen LogP contribution in [0.3, 0.4) is 0 Å². The van der Waals surface area contributed by atoms with E-state index in [4.69, 9.17) is 4.74 Å². The van der Waals surface area contributed by atoms with Gasteiger partial charge in [-0.05, 0) is 49.7 Å². The fourth-order valence-corrected chi connectivity index (χ4v) is 3.46. The molecule has 1 aromatic heterocycles. The number of hydrogen-bond acceptors (Lipinski definition) is 5. The van der Waals surface area contributed by atoms with Crippen LogP contribution in [-0.2, 0) is 11.3 Å². The van der Waals surface area contributed by atoms with Crippen molar-refractivity contribution in [2.75, 3.05) is 33.4 Å². The number of methoxy groups -OCH3 is 1. The van der Waals surface area contributed by atoms with Crippen LogP contribution in [0.5, 0.6) is 0 Å². The number of nitrogens with zero attached hydrogens (tertiary/aromatic N) is 2. The van der Waals surface area contributed by atoms with E-state index in [1.54, 1.807) is 25.4 Å². The Hall–Kier alpha value is -1.60. The van der Waals surface area contributed by atoms with Crippen LogP contribution in [0.2, 0.25) is 0 Å². The van der Waals surface area contributed by atoms with E-state index in [9.17, 15) is 9.50 Å². The summed E-state index contributed by atoms with van der Waals surface area (Å²) in [6.45, 7) is 3.64. The van der Waals surface area contributed by atoms with Gasteiger partial charge >= 0.3 is 0 Å². The van der Waals surface area contributed by atoms with E-state index in [2.05, 4.69) is 15.2 Å². The first kappa shape index (κ1) is 18.2. The van der Waals surface area contributed by atoms with E-state index < -0.39 is 6.10 Å². The van der Waals surface area contributed by atoms with Crippen molar-refractivity contribution in [3.63, 3.8) is 0 Å². The highest BCUT2D eigenvalue weighted by Gasteiger charge is 2.21. The summed E-state index contributed by atoms with van der Waals surface area (Å²) in [6.07, 6.45) is 3.35. The highest BCUT2D eigenvalue weighted by molar-refractivity contribution is 5.82. The number of pyridine rings is 1. The molecule has 0 aliphatic carbocycles. The number of likely N-dealkylation sites (tertiary alicyclic amines) is 1. The van der Waals surface area contributed by atoms with Crippen molar-refractivity contribution < 1.29 is 14.2 Å². The Labute approximate surface area is 147 Å². The second-order valence-electron chi connectivity index (χ2n) is 6.67. The Balaban J connectivity index is 1.52. The number of benzene rings is 1. The van der Waals surface area contributed by atoms with Crippen LogP contribution in [0.4, 0.5) is 4.39 Å². The van der Waals surface area contributed by atoms with Gasteiger partial charge in [-0.3, -0.25) is 4.98 Å². The van der Waals surface area contributed by atoms with E-state index in [1.165, 1.54) is 6.07 Å². The highest BCUT2D eigenvalue weighted by Crippen LogP contribution is 2.20. The van der Waals surface area contributed by atoms with E-state index in [1.807, 2.05) is 6.07 Å². The fraction of sp³-hybridized carbons (Fsp3) is 0.526. The molecule has 2 heterocycles. The van der Waals surface area contributed by atoms with E-state index >= 15 is 0 Å². The molecule has 1 saturated heterocycles. The maximum atomic E-state index is 13.9. The van der Waals surface area contributed by atoms with Crippen LogP contribution in [0, 0.1) is 5.82 Å². The monoisotopic (exact) mass is 347 g/mol. The Morgan fingerprint density at radius 3 is 2.92 bits per heavy atom. The molecule has 3 rings (SSSR count). The molecule has 2 aromatic rings. The zero-order chi connectivity index (χ0) is 17.6. The molecular weight excluding hydrogens is 321 g/mol. The Kier molecular flexibility index (Phi) is 6.31. The summed E-state index contributed by atoms with van der Waals surface area (Å²) in [5.41, 5.74) is 1.75. The normalized spacial score (nSPS) is 17.9. The molecule has 0 spiro atoms.